The molecule has 5 nitrogen and oxygen atoms in total. The molecule has 0 bridgehead atoms. The van der Waals surface area contributed by atoms with Gasteiger partial charge in [0.1, 0.15) is 10.9 Å². The molecule has 3 rings (SSSR count). The van der Waals surface area contributed by atoms with E-state index in [0.717, 1.165) is 0 Å². The van der Waals surface area contributed by atoms with Crippen molar-refractivity contribution in [2.45, 2.75) is 26.5 Å². The molecule has 0 atom stereocenters. The summed E-state index contributed by atoms with van der Waals surface area (Å²) in [6, 6.07) is 9.06. The highest BCUT2D eigenvalue weighted by atomic mass is 35.5. The Labute approximate surface area is 141 Å². The third kappa shape index (κ3) is 2.87. The number of hydrogen-bond acceptors (Lipinski definition) is 3. The van der Waals surface area contributed by atoms with Crippen molar-refractivity contribution in [2.75, 3.05) is 0 Å². The van der Waals surface area contributed by atoms with E-state index in [1.165, 1.54) is 21.3 Å². The Morgan fingerprint density at radius 3 is 2.62 bits per heavy atom. The number of rotatable bonds is 4. The summed E-state index contributed by atoms with van der Waals surface area (Å²) in [5.74, 6) is -0.0261. The van der Waals surface area contributed by atoms with E-state index in [9.17, 15) is 13.6 Å². The highest BCUT2D eigenvalue weighted by Gasteiger charge is 2.18. The van der Waals surface area contributed by atoms with Crippen LogP contribution >= 0.6 is 11.6 Å². The first-order valence-corrected chi connectivity index (χ1v) is 7.61. The lowest BCUT2D eigenvalue weighted by molar-refractivity contribution is -0.0498. The highest BCUT2D eigenvalue weighted by Crippen LogP contribution is 2.24. The third-order valence-electron chi connectivity index (χ3n) is 3.50. The second-order valence-electron chi connectivity index (χ2n) is 5.43. The van der Waals surface area contributed by atoms with Crippen molar-refractivity contribution >= 4 is 22.8 Å². The number of fused-ring (bicyclic) bond motifs is 1. The Balaban J connectivity index is 2.27. The average molecular weight is 354 g/mol. The topological polar surface area (TPSA) is 49.0 Å². The minimum atomic E-state index is -2.94. The second kappa shape index (κ2) is 6.24. The molecule has 0 aliphatic heterocycles. The number of imidazole rings is 1. The van der Waals surface area contributed by atoms with Crippen LogP contribution in [0.5, 0.6) is 5.75 Å². The Morgan fingerprint density at radius 1 is 1.21 bits per heavy atom. The van der Waals surface area contributed by atoms with Crippen LogP contribution in [0.15, 0.2) is 41.2 Å². The Hall–Kier alpha value is -2.41. The molecule has 0 saturated heterocycles. The zero-order chi connectivity index (χ0) is 17.4. The predicted molar refractivity (Wildman–Crippen MR) is 87.4 cm³/mol. The van der Waals surface area contributed by atoms with E-state index in [-0.39, 0.29) is 22.6 Å². The van der Waals surface area contributed by atoms with Crippen LogP contribution in [0.1, 0.15) is 19.9 Å². The van der Waals surface area contributed by atoms with Crippen molar-refractivity contribution in [1.29, 1.82) is 0 Å². The smallest absolute Gasteiger partial charge is 0.387 e. The number of aromatic nitrogens is 3. The lowest BCUT2D eigenvalue weighted by Crippen LogP contribution is -2.24. The third-order valence-corrected chi connectivity index (χ3v) is 3.71. The van der Waals surface area contributed by atoms with Gasteiger partial charge in [-0.2, -0.15) is 8.78 Å². The minimum Gasteiger partial charge on any atom is -0.435 e. The van der Waals surface area contributed by atoms with Gasteiger partial charge in [0.25, 0.3) is 0 Å². The van der Waals surface area contributed by atoms with Gasteiger partial charge in [0, 0.05) is 12.1 Å². The molecule has 0 aliphatic rings. The van der Waals surface area contributed by atoms with Gasteiger partial charge in [0.2, 0.25) is 0 Å². The molecule has 0 radical (unpaired) electrons. The zero-order valence-electron chi connectivity index (χ0n) is 12.9. The quantitative estimate of drug-likeness (QED) is 0.665. The summed E-state index contributed by atoms with van der Waals surface area (Å²) in [7, 11) is 0. The lowest BCUT2D eigenvalue weighted by Gasteiger charge is -2.08. The van der Waals surface area contributed by atoms with Gasteiger partial charge in [-0.3, -0.25) is 9.13 Å². The maximum absolute atomic E-state index is 12.8. The lowest BCUT2D eigenvalue weighted by atomic mass is 10.3. The molecular weight excluding hydrogens is 340 g/mol. The molecule has 1 aromatic carbocycles. The molecular formula is C16H14ClF2N3O2. The summed E-state index contributed by atoms with van der Waals surface area (Å²) in [4.78, 5) is 17.1. The van der Waals surface area contributed by atoms with Crippen LogP contribution in [0.25, 0.3) is 16.9 Å². The molecule has 8 heteroatoms. The number of hydrogen-bond donors (Lipinski definition) is 0. The molecule has 0 spiro atoms. The molecule has 126 valence electrons. The molecule has 0 unspecified atom stereocenters. The van der Waals surface area contributed by atoms with Crippen molar-refractivity contribution in [3.8, 4) is 11.4 Å². The van der Waals surface area contributed by atoms with E-state index >= 15 is 0 Å². The van der Waals surface area contributed by atoms with Crippen LogP contribution in [-0.4, -0.2) is 20.7 Å². The number of ether oxygens (including phenoxy) is 1. The normalized spacial score (nSPS) is 11.6. The van der Waals surface area contributed by atoms with Crippen LogP contribution in [0.3, 0.4) is 0 Å². The molecule has 0 aliphatic carbocycles. The van der Waals surface area contributed by atoms with Crippen LogP contribution in [0.4, 0.5) is 8.78 Å². The molecule has 0 N–H and O–H groups in total. The van der Waals surface area contributed by atoms with E-state index in [2.05, 4.69) is 9.72 Å². The van der Waals surface area contributed by atoms with Gasteiger partial charge in [0.05, 0.1) is 11.2 Å². The molecule has 2 heterocycles. The fraction of sp³-hybridized carbons (Fsp3) is 0.250. The van der Waals surface area contributed by atoms with E-state index in [1.807, 2.05) is 13.8 Å². The van der Waals surface area contributed by atoms with Crippen molar-refractivity contribution < 1.29 is 13.5 Å². The SMILES string of the molecule is CC(C)n1c(=O)n(-c2cccc(OC(F)F)c2)c2ccc(Cl)nc21. The molecule has 2 aromatic heterocycles. The van der Waals surface area contributed by atoms with Crippen molar-refractivity contribution in [3.05, 3.63) is 52.0 Å². The predicted octanol–water partition coefficient (Wildman–Crippen LogP) is 4.02. The minimum absolute atomic E-state index is 0.0261. The van der Waals surface area contributed by atoms with Crippen molar-refractivity contribution in [2.24, 2.45) is 0 Å². The van der Waals surface area contributed by atoms with Crippen molar-refractivity contribution in [1.82, 2.24) is 14.1 Å². The summed E-state index contributed by atoms with van der Waals surface area (Å²) >= 11 is 5.95. The summed E-state index contributed by atoms with van der Waals surface area (Å²) in [5, 5.41) is 0.267. The number of pyridine rings is 1. The first kappa shape index (κ1) is 16.4. The Bertz CT molecular complexity index is 950. The maximum Gasteiger partial charge on any atom is 0.387 e. The van der Waals surface area contributed by atoms with Gasteiger partial charge in [-0.25, -0.2) is 9.78 Å². The maximum atomic E-state index is 12.8. The summed E-state index contributed by atoms with van der Waals surface area (Å²) < 4.78 is 32.2. The van der Waals surface area contributed by atoms with Crippen molar-refractivity contribution in [3.63, 3.8) is 0 Å². The number of nitrogens with zero attached hydrogens (tertiary/aromatic N) is 3. The Kier molecular flexibility index (Phi) is 4.28. The van der Waals surface area contributed by atoms with Gasteiger partial charge < -0.3 is 4.74 Å². The largest absolute Gasteiger partial charge is 0.435 e. The average Bonchev–Trinajstić information content (AvgIpc) is 2.78. The van der Waals surface area contributed by atoms with E-state index in [0.29, 0.717) is 16.9 Å². The van der Waals surface area contributed by atoms with Gasteiger partial charge in [0.15, 0.2) is 5.65 Å². The first-order valence-electron chi connectivity index (χ1n) is 7.23. The first-order chi connectivity index (χ1) is 11.4. The van der Waals surface area contributed by atoms with E-state index < -0.39 is 6.61 Å². The molecule has 3 aromatic rings. The fourth-order valence-electron chi connectivity index (χ4n) is 2.58. The Morgan fingerprint density at radius 2 is 1.96 bits per heavy atom. The molecule has 24 heavy (non-hydrogen) atoms. The fourth-order valence-corrected chi connectivity index (χ4v) is 2.73. The van der Waals surface area contributed by atoms with Crippen LogP contribution in [0, 0.1) is 0 Å². The van der Waals surface area contributed by atoms with Gasteiger partial charge >= 0.3 is 12.3 Å². The number of halogens is 3. The number of benzene rings is 1. The van der Waals surface area contributed by atoms with Gasteiger partial charge in [-0.05, 0) is 38.1 Å². The standard InChI is InChI=1S/C16H14ClF2N3O2/c1-9(2)21-14-12(6-7-13(17)20-14)22(16(21)23)10-4-3-5-11(8-10)24-15(18)19/h3-9,15H,1-2H3. The summed E-state index contributed by atoms with van der Waals surface area (Å²) in [5.41, 5.74) is 1.05. The zero-order valence-corrected chi connectivity index (χ0v) is 13.7. The number of alkyl halides is 2. The van der Waals surface area contributed by atoms with E-state index in [1.54, 1.807) is 24.3 Å². The second-order valence-corrected chi connectivity index (χ2v) is 5.82. The molecule has 0 fully saturated rings. The van der Waals surface area contributed by atoms with E-state index in [4.69, 9.17) is 11.6 Å². The summed E-state index contributed by atoms with van der Waals surface area (Å²) in [6.07, 6.45) is 0. The van der Waals surface area contributed by atoms with Gasteiger partial charge in [-0.1, -0.05) is 17.7 Å². The van der Waals surface area contributed by atoms with Crippen LogP contribution in [-0.2, 0) is 0 Å². The van der Waals surface area contributed by atoms with Crippen LogP contribution in [0.2, 0.25) is 5.15 Å². The molecule has 0 saturated carbocycles. The summed E-state index contributed by atoms with van der Waals surface area (Å²) in [6.45, 7) is 0.767. The monoisotopic (exact) mass is 353 g/mol. The van der Waals surface area contributed by atoms with Gasteiger partial charge in [-0.15, -0.1) is 0 Å². The highest BCUT2D eigenvalue weighted by molar-refractivity contribution is 6.29. The van der Waals surface area contributed by atoms with Crippen LogP contribution < -0.4 is 10.4 Å². The molecule has 0 amide bonds.